The quantitative estimate of drug-likeness (QED) is 0.920. The highest BCUT2D eigenvalue weighted by molar-refractivity contribution is 7.97. The molecule has 1 amide bonds. The third kappa shape index (κ3) is 3.57. The summed E-state index contributed by atoms with van der Waals surface area (Å²) in [7, 11) is 0. The van der Waals surface area contributed by atoms with Crippen molar-refractivity contribution in [1.82, 2.24) is 0 Å². The van der Waals surface area contributed by atoms with Gasteiger partial charge in [0.15, 0.2) is 11.6 Å². The van der Waals surface area contributed by atoms with E-state index in [0.29, 0.717) is 5.56 Å². The van der Waals surface area contributed by atoms with Gasteiger partial charge in [-0.1, -0.05) is 12.1 Å². The number of carbonyl (C=O) groups is 1. The number of thioether (sulfide) groups is 1. The molecule has 0 atom stereocenters. The lowest BCUT2D eigenvalue weighted by Crippen LogP contribution is -2.12. The monoisotopic (exact) mass is 293 g/mol. The molecule has 2 aromatic carbocycles. The smallest absolute Gasteiger partial charge is 0.255 e. The number of rotatable bonds is 4. The molecule has 0 saturated heterocycles. The molecular weight excluding hydrogens is 280 g/mol. The zero-order chi connectivity index (χ0) is 14.5. The van der Waals surface area contributed by atoms with Gasteiger partial charge in [-0.3, -0.25) is 4.79 Å². The van der Waals surface area contributed by atoms with Crippen LogP contribution in [-0.4, -0.2) is 12.2 Å². The predicted molar refractivity (Wildman–Crippen MR) is 78.0 cm³/mol. The van der Waals surface area contributed by atoms with Crippen LogP contribution in [0.1, 0.15) is 15.9 Å². The Hall–Kier alpha value is -1.88. The van der Waals surface area contributed by atoms with Crippen LogP contribution in [0.15, 0.2) is 42.5 Å². The van der Waals surface area contributed by atoms with Gasteiger partial charge in [0.1, 0.15) is 0 Å². The summed E-state index contributed by atoms with van der Waals surface area (Å²) in [6.07, 6.45) is 2.00. The van der Waals surface area contributed by atoms with Crippen LogP contribution in [0.2, 0.25) is 0 Å². The van der Waals surface area contributed by atoms with Crippen LogP contribution in [0.4, 0.5) is 14.5 Å². The van der Waals surface area contributed by atoms with Gasteiger partial charge in [-0.05, 0) is 36.1 Å². The second-order valence-electron chi connectivity index (χ2n) is 4.21. The van der Waals surface area contributed by atoms with Crippen LogP contribution in [0.3, 0.4) is 0 Å². The van der Waals surface area contributed by atoms with E-state index >= 15 is 0 Å². The first-order valence-electron chi connectivity index (χ1n) is 5.94. The van der Waals surface area contributed by atoms with Crippen molar-refractivity contribution in [3.8, 4) is 0 Å². The topological polar surface area (TPSA) is 29.1 Å². The van der Waals surface area contributed by atoms with Gasteiger partial charge < -0.3 is 5.32 Å². The zero-order valence-electron chi connectivity index (χ0n) is 10.8. The van der Waals surface area contributed by atoms with Crippen LogP contribution < -0.4 is 5.32 Å². The third-order valence-electron chi connectivity index (χ3n) is 2.70. The summed E-state index contributed by atoms with van der Waals surface area (Å²) in [6.45, 7) is 0. The molecule has 0 heterocycles. The molecule has 2 nitrogen and oxygen atoms in total. The van der Waals surface area contributed by atoms with E-state index in [1.807, 2.05) is 18.4 Å². The van der Waals surface area contributed by atoms with Gasteiger partial charge in [-0.2, -0.15) is 11.8 Å². The fourth-order valence-corrected chi connectivity index (χ4v) is 2.22. The van der Waals surface area contributed by atoms with Gasteiger partial charge in [-0.25, -0.2) is 8.78 Å². The van der Waals surface area contributed by atoms with E-state index in [0.717, 1.165) is 23.4 Å². The molecule has 0 bridgehead atoms. The van der Waals surface area contributed by atoms with E-state index in [9.17, 15) is 13.6 Å². The number of hydrogen-bond acceptors (Lipinski definition) is 2. The predicted octanol–water partition coefficient (Wildman–Crippen LogP) is 4.08. The molecule has 0 aliphatic heterocycles. The third-order valence-corrected chi connectivity index (χ3v) is 3.33. The Morgan fingerprint density at radius 1 is 1.10 bits per heavy atom. The van der Waals surface area contributed by atoms with Crippen molar-refractivity contribution < 1.29 is 13.6 Å². The molecule has 0 unspecified atom stereocenters. The molecule has 20 heavy (non-hydrogen) atoms. The number of carbonyl (C=O) groups excluding carboxylic acids is 1. The van der Waals surface area contributed by atoms with E-state index in [-0.39, 0.29) is 11.6 Å². The minimum absolute atomic E-state index is 0.224. The lowest BCUT2D eigenvalue weighted by Gasteiger charge is -2.06. The Morgan fingerprint density at radius 3 is 2.40 bits per heavy atom. The summed E-state index contributed by atoms with van der Waals surface area (Å²) in [6, 6.07) is 10.4. The maximum absolute atomic E-state index is 13.0. The fourth-order valence-electron chi connectivity index (χ4n) is 1.70. The lowest BCUT2D eigenvalue weighted by molar-refractivity contribution is 0.102. The minimum atomic E-state index is -0.988. The second kappa shape index (κ2) is 6.52. The van der Waals surface area contributed by atoms with Gasteiger partial charge in [0.2, 0.25) is 0 Å². The lowest BCUT2D eigenvalue weighted by atomic mass is 10.1. The molecule has 0 aliphatic carbocycles. The van der Waals surface area contributed by atoms with Crippen LogP contribution >= 0.6 is 11.8 Å². The maximum atomic E-state index is 13.0. The fraction of sp³-hybridized carbons (Fsp3) is 0.133. The Kier molecular flexibility index (Phi) is 4.74. The first-order chi connectivity index (χ1) is 9.60. The van der Waals surface area contributed by atoms with Gasteiger partial charge in [0.25, 0.3) is 5.91 Å². The largest absolute Gasteiger partial charge is 0.322 e. The van der Waals surface area contributed by atoms with Gasteiger partial charge in [0.05, 0.1) is 0 Å². The summed E-state index contributed by atoms with van der Waals surface area (Å²) in [5.74, 6) is -1.40. The first kappa shape index (κ1) is 14.5. The molecule has 0 aromatic heterocycles. The summed E-state index contributed by atoms with van der Waals surface area (Å²) in [4.78, 5) is 11.9. The standard InChI is InChI=1S/C15H13F2NOS/c1-20-9-10-2-4-11(5-3-10)15(19)18-12-6-7-13(16)14(17)8-12/h2-8H,9H2,1H3,(H,18,19). The number of hydrogen-bond donors (Lipinski definition) is 1. The van der Waals surface area contributed by atoms with E-state index in [4.69, 9.17) is 0 Å². The summed E-state index contributed by atoms with van der Waals surface area (Å²) < 4.78 is 25.8. The first-order valence-corrected chi connectivity index (χ1v) is 7.34. The minimum Gasteiger partial charge on any atom is -0.322 e. The van der Waals surface area contributed by atoms with Crippen molar-refractivity contribution in [2.45, 2.75) is 5.75 Å². The molecule has 104 valence electrons. The highest BCUT2D eigenvalue weighted by atomic mass is 32.2. The Morgan fingerprint density at radius 2 is 1.80 bits per heavy atom. The van der Waals surface area contributed by atoms with Crippen molar-refractivity contribution >= 4 is 23.4 Å². The van der Waals surface area contributed by atoms with Crippen molar-refractivity contribution in [1.29, 1.82) is 0 Å². The molecule has 5 heteroatoms. The summed E-state index contributed by atoms with van der Waals surface area (Å²) >= 11 is 1.70. The van der Waals surface area contributed by atoms with Crippen molar-refractivity contribution in [3.05, 3.63) is 65.2 Å². The van der Waals surface area contributed by atoms with E-state index in [1.165, 1.54) is 6.07 Å². The molecular formula is C15H13F2NOS. The molecule has 2 rings (SSSR count). The van der Waals surface area contributed by atoms with Crippen LogP contribution in [0.25, 0.3) is 0 Å². The molecule has 0 aliphatic rings. The van der Waals surface area contributed by atoms with E-state index < -0.39 is 11.6 Å². The normalized spacial score (nSPS) is 10.3. The summed E-state index contributed by atoms with van der Waals surface area (Å²) in [5.41, 5.74) is 1.82. The van der Waals surface area contributed by atoms with Crippen LogP contribution in [-0.2, 0) is 5.75 Å². The molecule has 0 saturated carbocycles. The Bertz CT molecular complexity index is 614. The van der Waals surface area contributed by atoms with Gasteiger partial charge >= 0.3 is 0 Å². The van der Waals surface area contributed by atoms with E-state index in [1.54, 1.807) is 23.9 Å². The molecule has 0 fully saturated rings. The van der Waals surface area contributed by atoms with Crippen LogP contribution in [0.5, 0.6) is 0 Å². The SMILES string of the molecule is CSCc1ccc(C(=O)Nc2ccc(F)c(F)c2)cc1. The van der Waals surface area contributed by atoms with Crippen molar-refractivity contribution in [2.24, 2.45) is 0 Å². The van der Waals surface area contributed by atoms with E-state index in [2.05, 4.69) is 5.32 Å². The average Bonchev–Trinajstić information content (AvgIpc) is 2.44. The highest BCUT2D eigenvalue weighted by Gasteiger charge is 2.08. The number of halogens is 2. The number of nitrogens with one attached hydrogen (secondary N) is 1. The maximum Gasteiger partial charge on any atom is 0.255 e. The Labute approximate surface area is 120 Å². The van der Waals surface area contributed by atoms with Gasteiger partial charge in [0, 0.05) is 23.1 Å². The average molecular weight is 293 g/mol. The number of amides is 1. The molecule has 2 aromatic rings. The zero-order valence-corrected chi connectivity index (χ0v) is 11.6. The van der Waals surface area contributed by atoms with Crippen molar-refractivity contribution in [3.63, 3.8) is 0 Å². The molecule has 0 radical (unpaired) electrons. The van der Waals surface area contributed by atoms with Crippen molar-refractivity contribution in [2.75, 3.05) is 11.6 Å². The Balaban J connectivity index is 2.09. The highest BCUT2D eigenvalue weighted by Crippen LogP contribution is 2.15. The second-order valence-corrected chi connectivity index (χ2v) is 5.08. The van der Waals surface area contributed by atoms with Gasteiger partial charge in [-0.15, -0.1) is 0 Å². The molecule has 1 N–H and O–H groups in total. The molecule has 0 spiro atoms. The van der Waals surface area contributed by atoms with Crippen LogP contribution in [0, 0.1) is 11.6 Å². The summed E-state index contributed by atoms with van der Waals surface area (Å²) in [5, 5.41) is 2.53. The number of anilines is 1. The number of benzene rings is 2.